The summed E-state index contributed by atoms with van der Waals surface area (Å²) in [6.07, 6.45) is 1.87. The zero-order valence-corrected chi connectivity index (χ0v) is 10.9. The van der Waals surface area contributed by atoms with Crippen LogP contribution >= 0.6 is 11.3 Å². The molecule has 3 N–H and O–H groups in total. The predicted molar refractivity (Wildman–Crippen MR) is 69.9 cm³/mol. The van der Waals surface area contributed by atoms with Crippen molar-refractivity contribution in [3.63, 3.8) is 0 Å². The Balaban J connectivity index is 1.89. The molecule has 0 aliphatic heterocycles. The lowest BCUT2D eigenvalue weighted by Crippen LogP contribution is -2.29. The molecule has 2 rings (SSSR count). The van der Waals surface area contributed by atoms with Crippen LogP contribution in [0.3, 0.4) is 0 Å². The largest absolute Gasteiger partial charge is 0.443 e. The van der Waals surface area contributed by atoms with Gasteiger partial charge in [-0.15, -0.1) is 11.3 Å². The van der Waals surface area contributed by atoms with E-state index in [1.807, 2.05) is 17.5 Å². The number of oxazole rings is 1. The number of carbonyl (C=O) groups is 1. The molecule has 0 spiro atoms. The second-order valence-electron chi connectivity index (χ2n) is 4.08. The van der Waals surface area contributed by atoms with E-state index in [4.69, 9.17) is 10.2 Å². The maximum Gasteiger partial charge on any atom is 0.236 e. The van der Waals surface area contributed by atoms with E-state index in [0.29, 0.717) is 24.6 Å². The minimum atomic E-state index is -0.135. The molecule has 0 aliphatic rings. The Morgan fingerprint density at radius 1 is 1.67 bits per heavy atom. The highest BCUT2D eigenvalue weighted by Gasteiger charge is 2.09. The lowest BCUT2D eigenvalue weighted by atomic mass is 10.2. The molecular weight excluding hydrogens is 250 g/mol. The number of hydrogen-bond donors (Lipinski definition) is 2. The van der Waals surface area contributed by atoms with E-state index in [-0.39, 0.29) is 11.9 Å². The topological polar surface area (TPSA) is 81.2 Å². The molecule has 96 valence electrons. The maximum absolute atomic E-state index is 11.4. The molecule has 1 amide bonds. The monoisotopic (exact) mass is 265 g/mol. The Kier molecular flexibility index (Phi) is 4.11. The van der Waals surface area contributed by atoms with E-state index in [1.165, 1.54) is 0 Å². The first-order valence-corrected chi connectivity index (χ1v) is 6.53. The Bertz CT molecular complexity index is 505. The fourth-order valence-corrected chi connectivity index (χ4v) is 2.11. The van der Waals surface area contributed by atoms with E-state index in [2.05, 4.69) is 10.3 Å². The summed E-state index contributed by atoms with van der Waals surface area (Å²) in [5, 5.41) is 4.71. The molecule has 0 fully saturated rings. The summed E-state index contributed by atoms with van der Waals surface area (Å²) < 4.78 is 5.35. The lowest BCUT2D eigenvalue weighted by molar-refractivity contribution is -0.121. The molecule has 18 heavy (non-hydrogen) atoms. The molecule has 0 aliphatic carbocycles. The number of rotatable bonds is 5. The van der Waals surface area contributed by atoms with Gasteiger partial charge in [0.1, 0.15) is 6.26 Å². The lowest BCUT2D eigenvalue weighted by Gasteiger charge is -2.04. The number of nitrogens with two attached hydrogens (primary N) is 1. The molecule has 2 aromatic rings. The van der Waals surface area contributed by atoms with Crippen molar-refractivity contribution in [3.8, 4) is 10.8 Å². The van der Waals surface area contributed by atoms with E-state index < -0.39 is 0 Å². The predicted octanol–water partition coefficient (Wildman–Crippen LogP) is 1.76. The van der Waals surface area contributed by atoms with Crippen LogP contribution in [0.1, 0.15) is 19.0 Å². The van der Waals surface area contributed by atoms with Gasteiger partial charge in [-0.05, 0) is 18.4 Å². The molecule has 0 bridgehead atoms. The highest BCUT2D eigenvalue weighted by Crippen LogP contribution is 2.23. The molecular formula is C12H15N3O2S. The molecule has 2 aromatic heterocycles. The third-order valence-electron chi connectivity index (χ3n) is 2.26. The highest BCUT2D eigenvalue weighted by molar-refractivity contribution is 7.13. The number of amides is 1. The first kappa shape index (κ1) is 12.8. The van der Waals surface area contributed by atoms with E-state index >= 15 is 0 Å². The average molecular weight is 265 g/mol. The summed E-state index contributed by atoms with van der Waals surface area (Å²) in [5.74, 6) is 0.507. The van der Waals surface area contributed by atoms with Crippen LogP contribution in [0.15, 0.2) is 28.2 Å². The number of hydrogen-bond acceptors (Lipinski definition) is 5. The number of nitrogens with zero attached hydrogens (tertiary/aromatic N) is 1. The quantitative estimate of drug-likeness (QED) is 0.863. The van der Waals surface area contributed by atoms with Gasteiger partial charge in [-0.1, -0.05) is 6.07 Å². The summed E-state index contributed by atoms with van der Waals surface area (Å²) in [4.78, 5) is 16.7. The molecule has 0 saturated heterocycles. The van der Waals surface area contributed by atoms with Gasteiger partial charge in [0.2, 0.25) is 11.8 Å². The van der Waals surface area contributed by atoms with Crippen LogP contribution in [0.5, 0.6) is 0 Å². The molecule has 0 radical (unpaired) electrons. The van der Waals surface area contributed by atoms with Crippen molar-refractivity contribution in [1.29, 1.82) is 0 Å². The van der Waals surface area contributed by atoms with Crippen LogP contribution < -0.4 is 11.1 Å². The standard InChI is InChI=1S/C12H15N3O2S/c1-8(13)5-11(16)14-6-9-7-17-12(15-9)10-3-2-4-18-10/h2-4,7-8H,5-6,13H2,1H3,(H,14,16). The fourth-order valence-electron chi connectivity index (χ4n) is 1.46. The third kappa shape index (κ3) is 3.41. The highest BCUT2D eigenvalue weighted by atomic mass is 32.1. The maximum atomic E-state index is 11.4. The van der Waals surface area contributed by atoms with Crippen LogP contribution in [0.4, 0.5) is 0 Å². The third-order valence-corrected chi connectivity index (χ3v) is 3.12. The van der Waals surface area contributed by atoms with Gasteiger partial charge in [-0.2, -0.15) is 0 Å². The molecule has 0 aromatic carbocycles. The number of nitrogens with one attached hydrogen (secondary N) is 1. The Morgan fingerprint density at radius 2 is 2.50 bits per heavy atom. The minimum Gasteiger partial charge on any atom is -0.443 e. The van der Waals surface area contributed by atoms with Crippen molar-refractivity contribution in [1.82, 2.24) is 10.3 Å². The van der Waals surface area contributed by atoms with Crippen LogP contribution in [0, 0.1) is 0 Å². The summed E-state index contributed by atoms with van der Waals surface area (Å²) in [6.45, 7) is 2.16. The normalized spacial score (nSPS) is 12.3. The molecule has 2 heterocycles. The van der Waals surface area contributed by atoms with Crippen molar-refractivity contribution in [2.75, 3.05) is 0 Å². The fraction of sp³-hybridized carbons (Fsp3) is 0.333. The van der Waals surface area contributed by atoms with Crippen LogP contribution in [0.2, 0.25) is 0 Å². The van der Waals surface area contributed by atoms with E-state index in [0.717, 1.165) is 4.88 Å². The summed E-state index contributed by atoms with van der Waals surface area (Å²) in [5.41, 5.74) is 6.24. The molecule has 1 atom stereocenters. The number of thiophene rings is 1. The zero-order valence-electron chi connectivity index (χ0n) is 10.1. The van der Waals surface area contributed by atoms with Crippen molar-refractivity contribution in [2.24, 2.45) is 5.73 Å². The SMILES string of the molecule is CC(N)CC(=O)NCc1coc(-c2cccs2)n1. The Hall–Kier alpha value is -1.66. The van der Waals surface area contributed by atoms with Crippen LogP contribution in [-0.4, -0.2) is 16.9 Å². The van der Waals surface area contributed by atoms with E-state index in [1.54, 1.807) is 24.5 Å². The summed E-state index contributed by atoms with van der Waals surface area (Å²) in [6, 6.07) is 3.74. The number of aromatic nitrogens is 1. The zero-order chi connectivity index (χ0) is 13.0. The van der Waals surface area contributed by atoms with Gasteiger partial charge in [-0.3, -0.25) is 4.79 Å². The molecule has 1 unspecified atom stereocenters. The average Bonchev–Trinajstić information content (AvgIpc) is 2.96. The van der Waals surface area contributed by atoms with Crippen LogP contribution in [0.25, 0.3) is 10.8 Å². The van der Waals surface area contributed by atoms with E-state index in [9.17, 15) is 4.79 Å². The van der Waals surface area contributed by atoms with Gasteiger partial charge in [0.05, 0.1) is 17.1 Å². The van der Waals surface area contributed by atoms with Gasteiger partial charge < -0.3 is 15.5 Å². The van der Waals surface area contributed by atoms with Crippen molar-refractivity contribution < 1.29 is 9.21 Å². The summed E-state index contributed by atoms with van der Waals surface area (Å²) in [7, 11) is 0. The Morgan fingerprint density at radius 3 is 3.17 bits per heavy atom. The van der Waals surface area contributed by atoms with Crippen molar-refractivity contribution >= 4 is 17.2 Å². The van der Waals surface area contributed by atoms with Crippen LogP contribution in [-0.2, 0) is 11.3 Å². The molecule has 0 saturated carbocycles. The molecule has 5 nitrogen and oxygen atoms in total. The smallest absolute Gasteiger partial charge is 0.236 e. The van der Waals surface area contributed by atoms with Gasteiger partial charge >= 0.3 is 0 Å². The molecule has 6 heteroatoms. The Labute approximate surface area is 109 Å². The van der Waals surface area contributed by atoms with Gasteiger partial charge in [-0.25, -0.2) is 4.98 Å². The van der Waals surface area contributed by atoms with Gasteiger partial charge in [0, 0.05) is 12.5 Å². The number of carbonyl (C=O) groups excluding carboxylic acids is 1. The first-order valence-electron chi connectivity index (χ1n) is 5.65. The van der Waals surface area contributed by atoms with Gasteiger partial charge in [0.15, 0.2) is 0 Å². The minimum absolute atomic E-state index is 0.0781. The van der Waals surface area contributed by atoms with Gasteiger partial charge in [0.25, 0.3) is 0 Å². The van der Waals surface area contributed by atoms with Crippen molar-refractivity contribution in [2.45, 2.75) is 25.9 Å². The first-order chi connectivity index (χ1) is 8.65. The van der Waals surface area contributed by atoms with Crippen molar-refractivity contribution in [3.05, 3.63) is 29.5 Å². The second kappa shape index (κ2) is 5.79. The second-order valence-corrected chi connectivity index (χ2v) is 5.03. The summed E-state index contributed by atoms with van der Waals surface area (Å²) >= 11 is 1.56.